The Bertz CT molecular complexity index is 689. The van der Waals surface area contributed by atoms with E-state index in [9.17, 15) is 9.59 Å². The van der Waals surface area contributed by atoms with Crippen LogP contribution in [0, 0.1) is 0 Å². The van der Waals surface area contributed by atoms with Crippen LogP contribution < -0.4 is 10.6 Å². The lowest BCUT2D eigenvalue weighted by molar-refractivity contribution is 0.0948. The first-order valence-corrected chi connectivity index (χ1v) is 7.30. The van der Waals surface area contributed by atoms with Gasteiger partial charge in [0.15, 0.2) is 0 Å². The molecule has 22 heavy (non-hydrogen) atoms. The number of hydrogen-bond donors (Lipinski definition) is 2. The molecule has 2 N–H and O–H groups in total. The number of aromatic nitrogens is 1. The average Bonchev–Trinajstić information content (AvgIpc) is 2.52. The summed E-state index contributed by atoms with van der Waals surface area (Å²) in [5.74, 6) is -0.688. The van der Waals surface area contributed by atoms with Gasteiger partial charge in [-0.1, -0.05) is 30.7 Å². The normalized spacial score (nSPS) is 10.1. The van der Waals surface area contributed by atoms with Gasteiger partial charge in [-0.3, -0.25) is 9.59 Å². The van der Waals surface area contributed by atoms with E-state index in [4.69, 9.17) is 11.6 Å². The van der Waals surface area contributed by atoms with Gasteiger partial charge in [-0.15, -0.1) is 0 Å². The van der Waals surface area contributed by atoms with Crippen molar-refractivity contribution in [2.75, 3.05) is 11.9 Å². The van der Waals surface area contributed by atoms with E-state index >= 15 is 0 Å². The van der Waals surface area contributed by atoms with Crippen LogP contribution in [-0.4, -0.2) is 23.3 Å². The number of pyridine rings is 1. The molecule has 2 amide bonds. The molecular weight excluding hydrogens is 302 g/mol. The summed E-state index contributed by atoms with van der Waals surface area (Å²) < 4.78 is 0. The van der Waals surface area contributed by atoms with Crippen molar-refractivity contribution in [2.45, 2.75) is 13.3 Å². The van der Waals surface area contributed by atoms with E-state index in [2.05, 4.69) is 15.6 Å². The van der Waals surface area contributed by atoms with Gasteiger partial charge in [-0.25, -0.2) is 4.98 Å². The second-order valence-corrected chi connectivity index (χ2v) is 5.06. The summed E-state index contributed by atoms with van der Waals surface area (Å²) in [6.07, 6.45) is 0.834. The second kappa shape index (κ2) is 7.56. The predicted molar refractivity (Wildman–Crippen MR) is 86.3 cm³/mol. The van der Waals surface area contributed by atoms with E-state index in [1.165, 1.54) is 0 Å². The minimum absolute atomic E-state index is 0.170. The summed E-state index contributed by atoms with van der Waals surface area (Å²) in [4.78, 5) is 28.1. The van der Waals surface area contributed by atoms with Crippen molar-refractivity contribution in [3.05, 3.63) is 58.9 Å². The lowest BCUT2D eigenvalue weighted by atomic mass is 10.2. The first-order chi connectivity index (χ1) is 10.6. The number of nitrogens with one attached hydrogen (secondary N) is 2. The fraction of sp³-hybridized carbons (Fsp3) is 0.188. The summed E-state index contributed by atoms with van der Waals surface area (Å²) in [5, 5.41) is 5.94. The van der Waals surface area contributed by atoms with Gasteiger partial charge < -0.3 is 10.6 Å². The van der Waals surface area contributed by atoms with E-state index in [0.29, 0.717) is 17.3 Å². The molecule has 2 aromatic rings. The molecule has 0 unspecified atom stereocenters. The number of halogens is 1. The van der Waals surface area contributed by atoms with Gasteiger partial charge in [-0.05, 0) is 36.8 Å². The highest BCUT2D eigenvalue weighted by atomic mass is 35.5. The van der Waals surface area contributed by atoms with Gasteiger partial charge in [0, 0.05) is 17.3 Å². The molecule has 0 bridgehead atoms. The zero-order valence-corrected chi connectivity index (χ0v) is 12.9. The molecule has 0 saturated carbocycles. The molecule has 0 aliphatic rings. The average molecular weight is 318 g/mol. The predicted octanol–water partition coefficient (Wildman–Crippen LogP) is 3.13. The highest BCUT2D eigenvalue weighted by Gasteiger charge is 2.12. The van der Waals surface area contributed by atoms with Crippen molar-refractivity contribution in [1.29, 1.82) is 0 Å². The molecule has 1 aromatic carbocycles. The standard InChI is InChI=1S/C16H16ClN3O2/c1-2-9-18-15(21)13-7-4-8-14(20-13)16(22)19-12-6-3-5-11(17)10-12/h3-8,10H,2,9H2,1H3,(H,18,21)(H,19,22). The molecule has 0 aliphatic heterocycles. The summed E-state index contributed by atoms with van der Waals surface area (Å²) >= 11 is 5.87. The number of nitrogens with zero attached hydrogens (tertiary/aromatic N) is 1. The molecule has 1 heterocycles. The Balaban J connectivity index is 2.11. The third-order valence-electron chi connectivity index (χ3n) is 2.83. The van der Waals surface area contributed by atoms with Gasteiger partial charge in [0.2, 0.25) is 0 Å². The molecule has 0 atom stereocenters. The van der Waals surface area contributed by atoms with Crippen LogP contribution in [0.25, 0.3) is 0 Å². The largest absolute Gasteiger partial charge is 0.351 e. The fourth-order valence-corrected chi connectivity index (χ4v) is 1.97. The van der Waals surface area contributed by atoms with Crippen LogP contribution in [0.4, 0.5) is 5.69 Å². The maximum Gasteiger partial charge on any atom is 0.274 e. The zero-order chi connectivity index (χ0) is 15.9. The van der Waals surface area contributed by atoms with E-state index in [1.807, 2.05) is 6.92 Å². The lowest BCUT2D eigenvalue weighted by Crippen LogP contribution is -2.26. The van der Waals surface area contributed by atoms with Gasteiger partial charge in [-0.2, -0.15) is 0 Å². The Morgan fingerprint density at radius 1 is 1.09 bits per heavy atom. The highest BCUT2D eigenvalue weighted by Crippen LogP contribution is 2.15. The van der Waals surface area contributed by atoms with Crippen molar-refractivity contribution < 1.29 is 9.59 Å². The van der Waals surface area contributed by atoms with Crippen LogP contribution in [0.1, 0.15) is 34.3 Å². The molecular formula is C16H16ClN3O2. The quantitative estimate of drug-likeness (QED) is 0.890. The number of carbonyl (C=O) groups excluding carboxylic acids is 2. The second-order valence-electron chi connectivity index (χ2n) is 4.63. The topological polar surface area (TPSA) is 71.1 Å². The van der Waals surface area contributed by atoms with Crippen molar-refractivity contribution in [1.82, 2.24) is 10.3 Å². The number of carbonyl (C=O) groups is 2. The summed E-state index contributed by atoms with van der Waals surface area (Å²) in [6.45, 7) is 2.53. The van der Waals surface area contributed by atoms with Crippen molar-refractivity contribution in [3.63, 3.8) is 0 Å². The van der Waals surface area contributed by atoms with Gasteiger partial charge >= 0.3 is 0 Å². The van der Waals surface area contributed by atoms with Crippen LogP contribution in [-0.2, 0) is 0 Å². The molecule has 5 nitrogen and oxygen atoms in total. The van der Waals surface area contributed by atoms with Crippen LogP contribution in [0.5, 0.6) is 0 Å². The Kier molecular flexibility index (Phi) is 5.49. The van der Waals surface area contributed by atoms with Gasteiger partial charge in [0.25, 0.3) is 11.8 Å². The number of rotatable bonds is 5. The minimum Gasteiger partial charge on any atom is -0.351 e. The fourth-order valence-electron chi connectivity index (χ4n) is 1.78. The van der Waals surface area contributed by atoms with Crippen molar-refractivity contribution in [3.8, 4) is 0 Å². The maximum atomic E-state index is 12.2. The van der Waals surface area contributed by atoms with Gasteiger partial charge in [0.05, 0.1) is 0 Å². The van der Waals surface area contributed by atoms with Crippen LogP contribution in [0.2, 0.25) is 5.02 Å². The molecule has 1 aromatic heterocycles. The van der Waals surface area contributed by atoms with Gasteiger partial charge in [0.1, 0.15) is 11.4 Å². The first-order valence-electron chi connectivity index (χ1n) is 6.92. The molecule has 0 saturated heterocycles. The molecule has 2 rings (SSSR count). The van der Waals surface area contributed by atoms with Crippen LogP contribution >= 0.6 is 11.6 Å². The van der Waals surface area contributed by atoms with Crippen LogP contribution in [0.15, 0.2) is 42.5 Å². The van der Waals surface area contributed by atoms with Crippen molar-refractivity contribution >= 4 is 29.1 Å². The molecule has 0 fully saturated rings. The monoisotopic (exact) mass is 317 g/mol. The molecule has 0 aliphatic carbocycles. The Labute approximate surface area is 133 Å². The maximum absolute atomic E-state index is 12.2. The Morgan fingerprint density at radius 2 is 1.77 bits per heavy atom. The Morgan fingerprint density at radius 3 is 2.45 bits per heavy atom. The SMILES string of the molecule is CCCNC(=O)c1cccc(C(=O)Nc2cccc(Cl)c2)n1. The summed E-state index contributed by atoms with van der Waals surface area (Å²) in [6, 6.07) is 11.6. The molecule has 114 valence electrons. The summed E-state index contributed by atoms with van der Waals surface area (Å²) in [5.41, 5.74) is 0.955. The number of amides is 2. The van der Waals surface area contributed by atoms with Crippen molar-refractivity contribution in [2.24, 2.45) is 0 Å². The van der Waals surface area contributed by atoms with E-state index in [0.717, 1.165) is 6.42 Å². The number of benzene rings is 1. The minimum atomic E-state index is -0.396. The van der Waals surface area contributed by atoms with E-state index in [1.54, 1.807) is 42.5 Å². The van der Waals surface area contributed by atoms with Crippen LogP contribution in [0.3, 0.4) is 0 Å². The van der Waals surface area contributed by atoms with E-state index in [-0.39, 0.29) is 17.3 Å². The molecule has 0 radical (unpaired) electrons. The lowest BCUT2D eigenvalue weighted by Gasteiger charge is -2.07. The third kappa shape index (κ3) is 4.30. The highest BCUT2D eigenvalue weighted by molar-refractivity contribution is 6.30. The van der Waals surface area contributed by atoms with E-state index < -0.39 is 5.91 Å². The zero-order valence-electron chi connectivity index (χ0n) is 12.1. The Hall–Kier alpha value is -2.40. The third-order valence-corrected chi connectivity index (χ3v) is 3.07. The number of anilines is 1. The smallest absolute Gasteiger partial charge is 0.274 e. The first kappa shape index (κ1) is 16.0. The molecule has 0 spiro atoms. The summed E-state index contributed by atoms with van der Waals surface area (Å²) in [7, 11) is 0. The number of hydrogen-bond acceptors (Lipinski definition) is 3. The molecule has 6 heteroatoms.